The van der Waals surface area contributed by atoms with Crippen molar-refractivity contribution in [2.45, 2.75) is 33.4 Å². The molecule has 3 nitrogen and oxygen atoms in total. The number of benzene rings is 1. The molecule has 0 saturated carbocycles. The number of nitrogens with zero attached hydrogens (tertiary/aromatic N) is 2. The van der Waals surface area contributed by atoms with Crippen molar-refractivity contribution in [3.8, 4) is 0 Å². The summed E-state index contributed by atoms with van der Waals surface area (Å²) < 4.78 is 14.4. The zero-order valence-electron chi connectivity index (χ0n) is 13.7. The van der Waals surface area contributed by atoms with Crippen LogP contribution in [0.25, 0.3) is 0 Å². The van der Waals surface area contributed by atoms with E-state index in [9.17, 15) is 4.39 Å². The lowest BCUT2D eigenvalue weighted by molar-refractivity contribution is 0.274. The highest BCUT2D eigenvalue weighted by Gasteiger charge is 2.23. The third-order valence-corrected chi connectivity index (χ3v) is 4.03. The second-order valence-electron chi connectivity index (χ2n) is 6.62. The SMILES string of the molecule is CC(C)CNCc1ccc(N2CCN(C)CC2C)c(F)c1. The smallest absolute Gasteiger partial charge is 0.146 e. The van der Waals surface area contributed by atoms with Crippen LogP contribution in [0.3, 0.4) is 0 Å². The van der Waals surface area contributed by atoms with E-state index in [1.54, 1.807) is 6.07 Å². The second kappa shape index (κ2) is 7.23. The number of anilines is 1. The first-order valence-corrected chi connectivity index (χ1v) is 7.91. The molecule has 1 aromatic carbocycles. The van der Waals surface area contributed by atoms with Gasteiger partial charge in [-0.15, -0.1) is 0 Å². The van der Waals surface area contributed by atoms with Gasteiger partial charge in [-0.05, 0) is 44.1 Å². The van der Waals surface area contributed by atoms with Crippen molar-refractivity contribution >= 4 is 5.69 Å². The summed E-state index contributed by atoms with van der Waals surface area (Å²) >= 11 is 0. The molecule has 0 bridgehead atoms. The molecule has 2 rings (SSSR count). The van der Waals surface area contributed by atoms with E-state index in [1.165, 1.54) is 0 Å². The Hall–Kier alpha value is -1.13. The van der Waals surface area contributed by atoms with Crippen LogP contribution in [-0.4, -0.2) is 44.2 Å². The molecule has 1 unspecified atom stereocenters. The fourth-order valence-electron chi connectivity index (χ4n) is 2.90. The molecule has 0 amide bonds. The van der Waals surface area contributed by atoms with E-state index in [-0.39, 0.29) is 5.82 Å². The minimum absolute atomic E-state index is 0.102. The number of halogens is 1. The predicted molar refractivity (Wildman–Crippen MR) is 87.2 cm³/mol. The summed E-state index contributed by atoms with van der Waals surface area (Å²) in [6, 6.07) is 6.00. The Morgan fingerprint density at radius 2 is 2.10 bits per heavy atom. The van der Waals surface area contributed by atoms with E-state index in [4.69, 9.17) is 0 Å². The highest BCUT2D eigenvalue weighted by Crippen LogP contribution is 2.24. The normalized spacial score (nSPS) is 20.3. The third-order valence-electron chi connectivity index (χ3n) is 4.03. The van der Waals surface area contributed by atoms with E-state index in [0.29, 0.717) is 12.0 Å². The molecule has 1 aromatic rings. The van der Waals surface area contributed by atoms with E-state index in [1.807, 2.05) is 12.1 Å². The Bertz CT molecular complexity index is 461. The van der Waals surface area contributed by atoms with Gasteiger partial charge >= 0.3 is 0 Å². The number of rotatable bonds is 5. The topological polar surface area (TPSA) is 18.5 Å². The van der Waals surface area contributed by atoms with E-state index >= 15 is 0 Å². The highest BCUT2D eigenvalue weighted by atomic mass is 19.1. The molecule has 118 valence electrons. The second-order valence-corrected chi connectivity index (χ2v) is 6.62. The molecule has 1 saturated heterocycles. The number of piperazine rings is 1. The van der Waals surface area contributed by atoms with Crippen LogP contribution >= 0.6 is 0 Å². The summed E-state index contributed by atoms with van der Waals surface area (Å²) in [4.78, 5) is 4.48. The monoisotopic (exact) mass is 293 g/mol. The predicted octanol–water partition coefficient (Wildman–Crippen LogP) is 2.71. The maximum atomic E-state index is 14.4. The highest BCUT2D eigenvalue weighted by molar-refractivity contribution is 5.50. The molecule has 0 radical (unpaired) electrons. The molecule has 0 aliphatic carbocycles. The Morgan fingerprint density at radius 3 is 2.71 bits per heavy atom. The standard InChI is InChI=1S/C17H28FN3/c1-13(2)10-19-11-15-5-6-17(16(18)9-15)21-8-7-20(4)12-14(21)3/h5-6,9,13-14,19H,7-8,10-12H2,1-4H3. The molecular formula is C17H28FN3. The molecule has 1 aliphatic heterocycles. The van der Waals surface area contributed by atoms with Gasteiger partial charge in [0.1, 0.15) is 5.82 Å². The van der Waals surface area contributed by atoms with Crippen LogP contribution in [0.1, 0.15) is 26.3 Å². The summed E-state index contributed by atoms with van der Waals surface area (Å²) in [5.74, 6) is 0.510. The number of nitrogens with one attached hydrogen (secondary N) is 1. The van der Waals surface area contributed by atoms with Crippen molar-refractivity contribution in [2.24, 2.45) is 5.92 Å². The van der Waals surface area contributed by atoms with Crippen LogP contribution in [-0.2, 0) is 6.54 Å². The summed E-state index contributed by atoms with van der Waals surface area (Å²) in [6.07, 6.45) is 0. The van der Waals surface area contributed by atoms with Gasteiger partial charge in [0.05, 0.1) is 5.69 Å². The van der Waals surface area contributed by atoms with Crippen LogP contribution in [0.5, 0.6) is 0 Å². The van der Waals surface area contributed by atoms with E-state index in [0.717, 1.165) is 44.0 Å². The number of hydrogen-bond donors (Lipinski definition) is 1. The van der Waals surface area contributed by atoms with E-state index in [2.05, 4.69) is 42.9 Å². The van der Waals surface area contributed by atoms with Gasteiger partial charge in [-0.3, -0.25) is 0 Å². The Labute approximate surface area is 128 Å². The summed E-state index contributed by atoms with van der Waals surface area (Å²) in [6.45, 7) is 11.1. The molecule has 0 spiro atoms. The lowest BCUT2D eigenvalue weighted by Gasteiger charge is -2.40. The fourth-order valence-corrected chi connectivity index (χ4v) is 2.90. The first-order valence-electron chi connectivity index (χ1n) is 7.91. The molecule has 1 N–H and O–H groups in total. The van der Waals surface area contributed by atoms with Crippen LogP contribution < -0.4 is 10.2 Å². The summed E-state index contributed by atoms with van der Waals surface area (Å²) in [5, 5.41) is 3.35. The van der Waals surface area contributed by atoms with Crippen molar-refractivity contribution in [1.82, 2.24) is 10.2 Å². The molecule has 4 heteroatoms. The van der Waals surface area contributed by atoms with Crippen LogP contribution in [0.4, 0.5) is 10.1 Å². The Morgan fingerprint density at radius 1 is 1.33 bits per heavy atom. The van der Waals surface area contributed by atoms with Crippen LogP contribution in [0.15, 0.2) is 18.2 Å². The molecule has 1 heterocycles. The Kier molecular flexibility index (Phi) is 5.59. The maximum Gasteiger partial charge on any atom is 0.146 e. The summed E-state index contributed by atoms with van der Waals surface area (Å²) in [5.41, 5.74) is 1.75. The van der Waals surface area contributed by atoms with Crippen molar-refractivity contribution in [2.75, 3.05) is 38.1 Å². The minimum atomic E-state index is -0.102. The van der Waals surface area contributed by atoms with Gasteiger partial charge in [-0.1, -0.05) is 19.9 Å². The van der Waals surface area contributed by atoms with Crippen molar-refractivity contribution in [3.05, 3.63) is 29.6 Å². The quantitative estimate of drug-likeness (QED) is 0.900. The van der Waals surface area contributed by atoms with Gasteiger partial charge in [0.15, 0.2) is 0 Å². The van der Waals surface area contributed by atoms with Gasteiger partial charge in [0, 0.05) is 32.2 Å². The zero-order chi connectivity index (χ0) is 15.4. The van der Waals surface area contributed by atoms with Crippen molar-refractivity contribution in [1.29, 1.82) is 0 Å². The van der Waals surface area contributed by atoms with Crippen molar-refractivity contribution < 1.29 is 4.39 Å². The number of hydrogen-bond acceptors (Lipinski definition) is 3. The maximum absolute atomic E-state index is 14.4. The zero-order valence-corrected chi connectivity index (χ0v) is 13.7. The largest absolute Gasteiger partial charge is 0.364 e. The molecule has 21 heavy (non-hydrogen) atoms. The third kappa shape index (κ3) is 4.42. The average molecular weight is 293 g/mol. The lowest BCUT2D eigenvalue weighted by atomic mass is 10.1. The van der Waals surface area contributed by atoms with Gasteiger partial charge in [0.25, 0.3) is 0 Å². The van der Waals surface area contributed by atoms with Gasteiger partial charge < -0.3 is 15.1 Å². The molecule has 1 atom stereocenters. The fraction of sp³-hybridized carbons (Fsp3) is 0.647. The first kappa shape index (κ1) is 16.2. The van der Waals surface area contributed by atoms with Gasteiger partial charge in [-0.25, -0.2) is 4.39 Å². The lowest BCUT2D eigenvalue weighted by Crippen LogP contribution is -2.50. The van der Waals surface area contributed by atoms with Gasteiger partial charge in [0.2, 0.25) is 0 Å². The Balaban J connectivity index is 2.02. The van der Waals surface area contributed by atoms with Crippen LogP contribution in [0.2, 0.25) is 0 Å². The minimum Gasteiger partial charge on any atom is -0.364 e. The first-order chi connectivity index (χ1) is 9.97. The molecule has 1 aliphatic rings. The summed E-state index contributed by atoms with van der Waals surface area (Å²) in [7, 11) is 2.12. The van der Waals surface area contributed by atoms with Gasteiger partial charge in [-0.2, -0.15) is 0 Å². The van der Waals surface area contributed by atoms with E-state index < -0.39 is 0 Å². The van der Waals surface area contributed by atoms with Crippen molar-refractivity contribution in [3.63, 3.8) is 0 Å². The average Bonchev–Trinajstić information content (AvgIpc) is 2.39. The molecule has 1 fully saturated rings. The molecule has 0 aromatic heterocycles. The van der Waals surface area contributed by atoms with Crippen LogP contribution in [0, 0.1) is 11.7 Å². The number of likely N-dealkylation sites (N-methyl/N-ethyl adjacent to an activating group) is 1. The molecular weight excluding hydrogens is 265 g/mol.